The summed E-state index contributed by atoms with van der Waals surface area (Å²) in [7, 11) is 0. The molecule has 0 amide bonds. The van der Waals surface area contributed by atoms with Gasteiger partial charge in [-0.15, -0.1) is 0 Å². The maximum absolute atomic E-state index is 14.7. The lowest BCUT2D eigenvalue weighted by Gasteiger charge is -2.29. The van der Waals surface area contributed by atoms with Gasteiger partial charge >= 0.3 is 0 Å². The lowest BCUT2D eigenvalue weighted by Crippen LogP contribution is -2.28. The fourth-order valence-corrected chi connectivity index (χ4v) is 3.53. The van der Waals surface area contributed by atoms with E-state index >= 15 is 0 Å². The molecule has 2 aromatic rings. The Labute approximate surface area is 164 Å². The van der Waals surface area contributed by atoms with Crippen molar-refractivity contribution in [3.8, 4) is 11.1 Å². The van der Waals surface area contributed by atoms with Crippen LogP contribution in [0.2, 0.25) is 0 Å². The van der Waals surface area contributed by atoms with Gasteiger partial charge in [0.1, 0.15) is 5.82 Å². The molecular formula is C23H27F3O2. The molecule has 1 aliphatic rings. The second-order valence-electron chi connectivity index (χ2n) is 7.39. The van der Waals surface area contributed by atoms with Crippen LogP contribution in [0.25, 0.3) is 11.1 Å². The number of unbranched alkanes of at least 4 members (excludes halogenated alkanes) is 2. The van der Waals surface area contributed by atoms with Crippen LogP contribution in [0, 0.1) is 24.4 Å². The summed E-state index contributed by atoms with van der Waals surface area (Å²) >= 11 is 0. The second-order valence-corrected chi connectivity index (χ2v) is 7.39. The quantitative estimate of drug-likeness (QED) is 0.500. The highest BCUT2D eigenvalue weighted by Gasteiger charge is 2.26. The lowest BCUT2D eigenvalue weighted by molar-refractivity contribution is -0.0881. The van der Waals surface area contributed by atoms with Crippen LogP contribution in [-0.2, 0) is 9.47 Å². The Morgan fingerprint density at radius 1 is 1.04 bits per heavy atom. The Morgan fingerprint density at radius 3 is 2.54 bits per heavy atom. The van der Waals surface area contributed by atoms with Crippen molar-refractivity contribution in [2.24, 2.45) is 0 Å². The number of benzene rings is 2. The lowest BCUT2D eigenvalue weighted by atomic mass is 9.96. The van der Waals surface area contributed by atoms with Crippen molar-refractivity contribution in [2.45, 2.75) is 58.2 Å². The predicted molar refractivity (Wildman–Crippen MR) is 104 cm³/mol. The van der Waals surface area contributed by atoms with E-state index in [9.17, 15) is 13.2 Å². The van der Waals surface area contributed by atoms with Gasteiger partial charge in [0.15, 0.2) is 11.6 Å². The molecule has 28 heavy (non-hydrogen) atoms. The number of halogens is 3. The van der Waals surface area contributed by atoms with Crippen LogP contribution in [0.4, 0.5) is 13.2 Å². The summed E-state index contributed by atoms with van der Waals surface area (Å²) in [6.07, 6.45) is 4.55. The molecule has 2 unspecified atom stereocenters. The maximum Gasteiger partial charge on any atom is 0.166 e. The summed E-state index contributed by atoms with van der Waals surface area (Å²) in [4.78, 5) is 0. The molecule has 152 valence electrons. The fraction of sp³-hybridized carbons (Fsp3) is 0.478. The van der Waals surface area contributed by atoms with Crippen molar-refractivity contribution in [3.63, 3.8) is 0 Å². The molecule has 5 heteroatoms. The standard InChI is InChI=1S/C23H27F3O2/c1-3-4-5-12-27-17-8-11-21(28-14-17)19-10-7-16(13-20(19)24)18-9-6-15(2)22(25)23(18)26/h6-7,9-10,13,17,21H,3-5,8,11-12,14H2,1-2H3. The van der Waals surface area contributed by atoms with Crippen molar-refractivity contribution >= 4 is 0 Å². The molecule has 2 aromatic carbocycles. The van der Waals surface area contributed by atoms with Crippen molar-refractivity contribution in [3.05, 3.63) is 58.9 Å². The largest absolute Gasteiger partial charge is 0.376 e. The van der Waals surface area contributed by atoms with E-state index in [1.165, 1.54) is 25.1 Å². The van der Waals surface area contributed by atoms with Crippen LogP contribution in [0.15, 0.2) is 30.3 Å². The third-order valence-electron chi connectivity index (χ3n) is 5.27. The molecule has 1 saturated heterocycles. The highest BCUT2D eigenvalue weighted by molar-refractivity contribution is 5.65. The first-order valence-electron chi connectivity index (χ1n) is 9.98. The Balaban J connectivity index is 1.65. The summed E-state index contributed by atoms with van der Waals surface area (Å²) in [5, 5.41) is 0. The molecule has 0 saturated carbocycles. The molecule has 1 heterocycles. The van der Waals surface area contributed by atoms with Crippen molar-refractivity contribution < 1.29 is 22.6 Å². The molecular weight excluding hydrogens is 365 g/mol. The summed E-state index contributed by atoms with van der Waals surface area (Å²) in [6, 6.07) is 7.43. The second kappa shape index (κ2) is 9.57. The van der Waals surface area contributed by atoms with Crippen LogP contribution in [0.3, 0.4) is 0 Å². The van der Waals surface area contributed by atoms with Crippen molar-refractivity contribution in [1.82, 2.24) is 0 Å². The zero-order valence-electron chi connectivity index (χ0n) is 16.4. The fourth-order valence-electron chi connectivity index (χ4n) is 3.53. The van der Waals surface area contributed by atoms with E-state index in [4.69, 9.17) is 9.47 Å². The number of hydrogen-bond donors (Lipinski definition) is 0. The minimum atomic E-state index is -0.955. The van der Waals surface area contributed by atoms with Gasteiger partial charge < -0.3 is 9.47 Å². The Kier molecular flexibility index (Phi) is 7.13. The Hall–Kier alpha value is -1.85. The molecule has 0 N–H and O–H groups in total. The van der Waals surface area contributed by atoms with Gasteiger partial charge in [-0.25, -0.2) is 13.2 Å². The van der Waals surface area contributed by atoms with Gasteiger partial charge in [0.25, 0.3) is 0 Å². The molecule has 0 spiro atoms. The number of rotatable bonds is 7. The van der Waals surface area contributed by atoms with Crippen LogP contribution in [0.5, 0.6) is 0 Å². The highest BCUT2D eigenvalue weighted by Crippen LogP contribution is 2.34. The van der Waals surface area contributed by atoms with E-state index < -0.39 is 17.5 Å². The zero-order chi connectivity index (χ0) is 20.1. The van der Waals surface area contributed by atoms with Gasteiger partial charge in [0, 0.05) is 17.7 Å². The smallest absolute Gasteiger partial charge is 0.166 e. The molecule has 0 aliphatic carbocycles. The Bertz CT molecular complexity index is 799. The van der Waals surface area contributed by atoms with Crippen molar-refractivity contribution in [2.75, 3.05) is 13.2 Å². The zero-order valence-corrected chi connectivity index (χ0v) is 16.4. The normalized spacial score (nSPS) is 19.8. The van der Waals surface area contributed by atoms with Crippen LogP contribution in [-0.4, -0.2) is 19.3 Å². The Morgan fingerprint density at radius 2 is 1.86 bits per heavy atom. The number of ether oxygens (including phenoxy) is 2. The van der Waals surface area contributed by atoms with Gasteiger partial charge in [-0.2, -0.15) is 0 Å². The maximum atomic E-state index is 14.7. The average molecular weight is 392 g/mol. The summed E-state index contributed by atoms with van der Waals surface area (Å²) in [5.74, 6) is -2.32. The van der Waals surface area contributed by atoms with Crippen LogP contribution in [0.1, 0.15) is 56.3 Å². The summed E-state index contributed by atoms with van der Waals surface area (Å²) in [6.45, 7) is 4.81. The molecule has 1 fully saturated rings. The van der Waals surface area contributed by atoms with E-state index in [-0.39, 0.29) is 23.3 Å². The molecule has 1 aliphatic heterocycles. The number of hydrogen-bond acceptors (Lipinski definition) is 2. The average Bonchev–Trinajstić information content (AvgIpc) is 2.70. The van der Waals surface area contributed by atoms with Gasteiger partial charge in [-0.1, -0.05) is 44.0 Å². The molecule has 2 atom stereocenters. The molecule has 3 rings (SSSR count). The van der Waals surface area contributed by atoms with Crippen LogP contribution >= 0.6 is 0 Å². The third-order valence-corrected chi connectivity index (χ3v) is 5.27. The highest BCUT2D eigenvalue weighted by atomic mass is 19.2. The van der Waals surface area contributed by atoms with Gasteiger partial charge in [-0.3, -0.25) is 0 Å². The first-order chi connectivity index (χ1) is 13.5. The summed E-state index contributed by atoms with van der Waals surface area (Å²) in [5.41, 5.74) is 1.03. The van der Waals surface area contributed by atoms with E-state index in [2.05, 4.69) is 6.92 Å². The summed E-state index contributed by atoms with van der Waals surface area (Å²) < 4.78 is 54.3. The minimum absolute atomic E-state index is 0.0543. The molecule has 0 radical (unpaired) electrons. The minimum Gasteiger partial charge on any atom is -0.376 e. The van der Waals surface area contributed by atoms with Crippen molar-refractivity contribution in [1.29, 1.82) is 0 Å². The monoisotopic (exact) mass is 392 g/mol. The molecule has 0 aromatic heterocycles. The first-order valence-corrected chi connectivity index (χ1v) is 9.98. The third kappa shape index (κ3) is 4.76. The van der Waals surface area contributed by atoms with E-state index in [1.54, 1.807) is 12.1 Å². The van der Waals surface area contributed by atoms with Gasteiger partial charge in [0.2, 0.25) is 0 Å². The molecule has 2 nitrogen and oxygen atoms in total. The van der Waals surface area contributed by atoms with Gasteiger partial charge in [-0.05, 0) is 43.4 Å². The SMILES string of the molecule is CCCCCOC1CCC(c2ccc(-c3ccc(C)c(F)c3F)cc2F)OC1. The molecule has 0 bridgehead atoms. The van der Waals surface area contributed by atoms with E-state index in [1.807, 2.05) is 0 Å². The first kappa shape index (κ1) is 20.9. The van der Waals surface area contributed by atoms with Gasteiger partial charge in [0.05, 0.1) is 18.8 Å². The van der Waals surface area contributed by atoms with E-state index in [0.717, 1.165) is 32.3 Å². The van der Waals surface area contributed by atoms with E-state index in [0.29, 0.717) is 24.2 Å². The predicted octanol–water partition coefficient (Wildman–Crippen LogP) is 6.51. The topological polar surface area (TPSA) is 18.5 Å². The number of aryl methyl sites for hydroxylation is 1. The van der Waals surface area contributed by atoms with Crippen LogP contribution < -0.4 is 0 Å².